The predicted octanol–water partition coefficient (Wildman–Crippen LogP) is 4.31. The first kappa shape index (κ1) is 12.5. The smallest absolute Gasteiger partial charge is 0.160 e. The number of rotatable bonds is 2. The molecule has 1 nitrogen and oxygen atoms in total. The van der Waals surface area contributed by atoms with Gasteiger partial charge >= 0.3 is 0 Å². The highest BCUT2D eigenvalue weighted by molar-refractivity contribution is 5.96. The number of aryl methyl sites for hydroxylation is 2. The molecule has 0 spiro atoms. The zero-order valence-corrected chi connectivity index (χ0v) is 10.8. The van der Waals surface area contributed by atoms with Gasteiger partial charge in [-0.3, -0.25) is 4.79 Å². The number of ketones is 1. The van der Waals surface area contributed by atoms with Gasteiger partial charge in [0.2, 0.25) is 0 Å². The Bertz CT molecular complexity index is 614. The molecular formula is C16H15FO. The summed E-state index contributed by atoms with van der Waals surface area (Å²) in [7, 11) is 0. The summed E-state index contributed by atoms with van der Waals surface area (Å²) in [6.07, 6.45) is 0. The Balaban J connectivity index is 2.61. The van der Waals surface area contributed by atoms with Gasteiger partial charge in [-0.25, -0.2) is 4.39 Å². The van der Waals surface area contributed by atoms with Gasteiger partial charge in [0.05, 0.1) is 0 Å². The van der Waals surface area contributed by atoms with Crippen molar-refractivity contribution in [1.29, 1.82) is 0 Å². The Kier molecular flexibility index (Phi) is 3.28. The topological polar surface area (TPSA) is 17.1 Å². The summed E-state index contributed by atoms with van der Waals surface area (Å²) in [5, 5.41) is 0. The normalized spacial score (nSPS) is 10.4. The first-order valence-electron chi connectivity index (χ1n) is 5.87. The van der Waals surface area contributed by atoms with Crippen molar-refractivity contribution in [3.63, 3.8) is 0 Å². The van der Waals surface area contributed by atoms with Crippen molar-refractivity contribution in [1.82, 2.24) is 0 Å². The second-order valence-electron chi connectivity index (χ2n) is 4.57. The minimum atomic E-state index is -0.265. The van der Waals surface area contributed by atoms with Gasteiger partial charge in [0, 0.05) is 11.1 Å². The van der Waals surface area contributed by atoms with E-state index in [9.17, 15) is 9.18 Å². The molecule has 0 amide bonds. The van der Waals surface area contributed by atoms with E-state index in [4.69, 9.17) is 0 Å². The summed E-state index contributed by atoms with van der Waals surface area (Å²) in [5.41, 5.74) is 3.84. The van der Waals surface area contributed by atoms with Crippen LogP contribution in [0.4, 0.5) is 4.39 Å². The van der Waals surface area contributed by atoms with Crippen LogP contribution in [0.3, 0.4) is 0 Å². The highest BCUT2D eigenvalue weighted by Gasteiger charge is 2.09. The van der Waals surface area contributed by atoms with E-state index < -0.39 is 0 Å². The van der Waals surface area contributed by atoms with Gasteiger partial charge in [0.15, 0.2) is 5.78 Å². The second kappa shape index (κ2) is 4.73. The summed E-state index contributed by atoms with van der Waals surface area (Å²) < 4.78 is 13.8. The van der Waals surface area contributed by atoms with E-state index in [1.807, 2.05) is 26.0 Å². The van der Waals surface area contributed by atoms with E-state index in [0.717, 1.165) is 16.7 Å². The maximum atomic E-state index is 13.8. The van der Waals surface area contributed by atoms with Crippen molar-refractivity contribution in [2.45, 2.75) is 20.8 Å². The largest absolute Gasteiger partial charge is 0.295 e. The minimum absolute atomic E-state index is 0.00223. The third kappa shape index (κ3) is 2.33. The fourth-order valence-electron chi connectivity index (χ4n) is 2.03. The van der Waals surface area contributed by atoms with Crippen LogP contribution in [0.2, 0.25) is 0 Å². The molecule has 0 fully saturated rings. The highest BCUT2D eigenvalue weighted by Crippen LogP contribution is 2.26. The van der Waals surface area contributed by atoms with E-state index in [-0.39, 0.29) is 11.6 Å². The number of hydrogen-bond acceptors (Lipinski definition) is 1. The lowest BCUT2D eigenvalue weighted by atomic mass is 9.97. The zero-order chi connectivity index (χ0) is 13.3. The summed E-state index contributed by atoms with van der Waals surface area (Å²) in [5.74, 6) is -0.263. The van der Waals surface area contributed by atoms with Gasteiger partial charge in [-0.15, -0.1) is 0 Å². The second-order valence-corrected chi connectivity index (χ2v) is 4.57. The Labute approximate surface area is 106 Å². The first-order valence-corrected chi connectivity index (χ1v) is 5.87. The molecule has 2 aromatic carbocycles. The molecule has 0 radical (unpaired) electrons. The molecule has 0 unspecified atom stereocenters. The first-order chi connectivity index (χ1) is 8.49. The molecule has 18 heavy (non-hydrogen) atoms. The number of carbonyl (C=O) groups is 1. The highest BCUT2D eigenvalue weighted by atomic mass is 19.1. The Morgan fingerprint density at radius 1 is 1.06 bits per heavy atom. The molecule has 0 aliphatic carbocycles. The van der Waals surface area contributed by atoms with Crippen molar-refractivity contribution >= 4 is 5.78 Å². The van der Waals surface area contributed by atoms with E-state index in [0.29, 0.717) is 11.1 Å². The average Bonchev–Trinajstić information content (AvgIpc) is 2.33. The third-order valence-electron chi connectivity index (χ3n) is 3.05. The zero-order valence-electron chi connectivity index (χ0n) is 10.8. The molecule has 0 N–H and O–H groups in total. The monoisotopic (exact) mass is 242 g/mol. The van der Waals surface area contributed by atoms with Crippen LogP contribution in [0, 0.1) is 19.7 Å². The maximum absolute atomic E-state index is 13.8. The quantitative estimate of drug-likeness (QED) is 0.717. The van der Waals surface area contributed by atoms with Crippen molar-refractivity contribution in [2.75, 3.05) is 0 Å². The lowest BCUT2D eigenvalue weighted by Crippen LogP contribution is -1.97. The molecular weight excluding hydrogens is 227 g/mol. The van der Waals surface area contributed by atoms with Gasteiger partial charge in [-0.1, -0.05) is 23.8 Å². The number of Topliss-reactive ketones (excluding diaryl/α,β-unsaturated/α-hetero) is 1. The molecule has 2 aromatic rings. The summed E-state index contributed by atoms with van der Waals surface area (Å²) in [4.78, 5) is 11.5. The van der Waals surface area contributed by atoms with Gasteiger partial charge in [0.25, 0.3) is 0 Å². The number of carbonyl (C=O) groups excluding carboxylic acids is 1. The molecule has 0 aliphatic heterocycles. The number of halogens is 1. The summed E-state index contributed by atoms with van der Waals surface area (Å²) >= 11 is 0. The Hall–Kier alpha value is -1.96. The molecule has 2 heteroatoms. The van der Waals surface area contributed by atoms with Gasteiger partial charge in [0.1, 0.15) is 5.82 Å². The molecule has 0 aliphatic rings. The molecule has 0 heterocycles. The van der Waals surface area contributed by atoms with Crippen LogP contribution in [0.5, 0.6) is 0 Å². The molecule has 0 saturated heterocycles. The van der Waals surface area contributed by atoms with E-state index >= 15 is 0 Å². The lowest BCUT2D eigenvalue weighted by molar-refractivity contribution is 0.101. The van der Waals surface area contributed by atoms with Crippen LogP contribution < -0.4 is 0 Å². The van der Waals surface area contributed by atoms with Crippen LogP contribution in [0.1, 0.15) is 28.4 Å². The Morgan fingerprint density at radius 2 is 1.78 bits per heavy atom. The molecule has 0 aromatic heterocycles. The van der Waals surface area contributed by atoms with E-state index in [1.165, 1.54) is 13.0 Å². The average molecular weight is 242 g/mol. The molecule has 2 rings (SSSR count). The molecule has 92 valence electrons. The maximum Gasteiger partial charge on any atom is 0.160 e. The number of benzene rings is 2. The van der Waals surface area contributed by atoms with Gasteiger partial charge in [-0.2, -0.15) is 0 Å². The van der Waals surface area contributed by atoms with Crippen molar-refractivity contribution in [2.24, 2.45) is 0 Å². The van der Waals surface area contributed by atoms with Crippen molar-refractivity contribution in [3.05, 3.63) is 58.9 Å². The van der Waals surface area contributed by atoms with Crippen molar-refractivity contribution < 1.29 is 9.18 Å². The predicted molar refractivity (Wildman–Crippen MR) is 71.3 cm³/mol. The number of hydrogen-bond donors (Lipinski definition) is 0. The molecule has 0 atom stereocenters. The minimum Gasteiger partial charge on any atom is -0.295 e. The van der Waals surface area contributed by atoms with E-state index in [2.05, 4.69) is 0 Å². The van der Waals surface area contributed by atoms with Crippen LogP contribution in [-0.4, -0.2) is 5.78 Å². The Morgan fingerprint density at radius 3 is 2.44 bits per heavy atom. The van der Waals surface area contributed by atoms with E-state index in [1.54, 1.807) is 18.2 Å². The van der Waals surface area contributed by atoms with Crippen LogP contribution in [0.15, 0.2) is 36.4 Å². The molecule has 0 saturated carbocycles. The fourth-order valence-corrected chi connectivity index (χ4v) is 2.03. The fraction of sp³-hybridized carbons (Fsp3) is 0.188. The van der Waals surface area contributed by atoms with Crippen LogP contribution in [0.25, 0.3) is 11.1 Å². The lowest BCUT2D eigenvalue weighted by Gasteiger charge is -2.08. The summed E-state index contributed by atoms with van der Waals surface area (Å²) in [6.45, 7) is 5.33. The molecule has 0 bridgehead atoms. The SMILES string of the molecule is CC(=O)c1cc(-c2cc(C)ccc2F)ccc1C. The van der Waals surface area contributed by atoms with Gasteiger partial charge in [-0.05, 0) is 50.1 Å². The van der Waals surface area contributed by atoms with Crippen LogP contribution in [-0.2, 0) is 0 Å². The third-order valence-corrected chi connectivity index (χ3v) is 3.05. The van der Waals surface area contributed by atoms with Crippen molar-refractivity contribution in [3.8, 4) is 11.1 Å². The standard InChI is InChI=1S/C16H15FO/c1-10-4-7-16(17)15(8-10)13-6-5-11(2)14(9-13)12(3)18/h4-9H,1-3H3. The van der Waals surface area contributed by atoms with Gasteiger partial charge < -0.3 is 0 Å². The van der Waals surface area contributed by atoms with Crippen LogP contribution >= 0.6 is 0 Å². The summed E-state index contributed by atoms with van der Waals surface area (Å²) in [6, 6.07) is 10.4.